The van der Waals surface area contributed by atoms with Crippen molar-refractivity contribution in [3.8, 4) is 11.3 Å². The quantitative estimate of drug-likeness (QED) is 0.811. The average molecular weight is 231 g/mol. The highest BCUT2D eigenvalue weighted by Crippen LogP contribution is 2.24. The molecule has 2 aromatic heterocycles. The summed E-state index contributed by atoms with van der Waals surface area (Å²) < 4.78 is 1.74. The van der Waals surface area contributed by atoms with Gasteiger partial charge in [-0.3, -0.25) is 4.68 Å². The fraction of sp³-hybridized carbons (Fsp3) is 0.417. The van der Waals surface area contributed by atoms with E-state index in [1.54, 1.807) is 16.9 Å². The van der Waals surface area contributed by atoms with Crippen molar-refractivity contribution in [1.29, 1.82) is 0 Å². The van der Waals surface area contributed by atoms with Gasteiger partial charge < -0.3 is 5.73 Å². The maximum Gasteiger partial charge on any atom is 0.136 e. The number of anilines is 1. The molecule has 0 fully saturated rings. The minimum atomic E-state index is -0.119. The molecule has 0 saturated heterocycles. The summed E-state index contributed by atoms with van der Waals surface area (Å²) in [5.41, 5.74) is 7.47. The van der Waals surface area contributed by atoms with Gasteiger partial charge >= 0.3 is 0 Å². The van der Waals surface area contributed by atoms with Gasteiger partial charge in [0.1, 0.15) is 11.6 Å². The predicted octanol–water partition coefficient (Wildman–Crippen LogP) is 1.76. The number of rotatable bonds is 1. The zero-order valence-corrected chi connectivity index (χ0v) is 10.6. The highest BCUT2D eigenvalue weighted by atomic mass is 15.2. The van der Waals surface area contributed by atoms with Gasteiger partial charge in [-0.2, -0.15) is 5.10 Å². The molecule has 2 N–H and O–H groups in total. The molecule has 0 spiro atoms. The Morgan fingerprint density at radius 1 is 1.24 bits per heavy atom. The molecule has 0 aliphatic rings. The van der Waals surface area contributed by atoms with Crippen molar-refractivity contribution in [1.82, 2.24) is 19.7 Å². The molecule has 0 aliphatic heterocycles. The van der Waals surface area contributed by atoms with Crippen molar-refractivity contribution in [3.63, 3.8) is 0 Å². The molecule has 2 rings (SSSR count). The van der Waals surface area contributed by atoms with E-state index in [9.17, 15) is 0 Å². The van der Waals surface area contributed by atoms with E-state index in [0.717, 1.165) is 17.1 Å². The molecule has 0 unspecified atom stereocenters. The Bertz CT molecular complexity index is 536. The molecule has 0 aliphatic carbocycles. The molecular formula is C12H17N5. The van der Waals surface area contributed by atoms with Gasteiger partial charge in [0.2, 0.25) is 0 Å². The normalized spacial score (nSPS) is 11.8. The van der Waals surface area contributed by atoms with Gasteiger partial charge in [0.05, 0.1) is 11.9 Å². The van der Waals surface area contributed by atoms with Crippen LogP contribution in [0.3, 0.4) is 0 Å². The smallest absolute Gasteiger partial charge is 0.136 e. The van der Waals surface area contributed by atoms with Crippen LogP contribution in [-0.4, -0.2) is 19.7 Å². The van der Waals surface area contributed by atoms with Crippen LogP contribution in [0.25, 0.3) is 11.3 Å². The fourth-order valence-electron chi connectivity index (χ4n) is 1.50. The second kappa shape index (κ2) is 3.84. The van der Waals surface area contributed by atoms with E-state index in [1.807, 2.05) is 13.2 Å². The maximum atomic E-state index is 5.82. The van der Waals surface area contributed by atoms with E-state index in [0.29, 0.717) is 5.82 Å². The second-order valence-electron chi connectivity index (χ2n) is 5.15. The van der Waals surface area contributed by atoms with Crippen LogP contribution in [0.1, 0.15) is 26.6 Å². The number of nitrogens with two attached hydrogens (primary N) is 1. The molecule has 0 saturated carbocycles. The van der Waals surface area contributed by atoms with Gasteiger partial charge in [-0.15, -0.1) is 0 Å². The summed E-state index contributed by atoms with van der Waals surface area (Å²) in [4.78, 5) is 8.82. The summed E-state index contributed by atoms with van der Waals surface area (Å²) in [5.74, 6) is 1.24. The lowest BCUT2D eigenvalue weighted by Gasteiger charge is -2.17. The Morgan fingerprint density at radius 2 is 1.94 bits per heavy atom. The molecular weight excluding hydrogens is 214 g/mol. The minimum Gasteiger partial charge on any atom is -0.384 e. The summed E-state index contributed by atoms with van der Waals surface area (Å²) in [6, 6.07) is 1.77. The second-order valence-corrected chi connectivity index (χ2v) is 5.15. The molecule has 5 nitrogen and oxygen atoms in total. The largest absolute Gasteiger partial charge is 0.384 e. The fourth-order valence-corrected chi connectivity index (χ4v) is 1.50. The van der Waals surface area contributed by atoms with Crippen molar-refractivity contribution >= 4 is 5.82 Å². The summed E-state index contributed by atoms with van der Waals surface area (Å²) >= 11 is 0. The van der Waals surface area contributed by atoms with Crippen LogP contribution in [0.2, 0.25) is 0 Å². The third-order valence-electron chi connectivity index (χ3n) is 2.42. The standard InChI is InChI=1S/C12H17N5/c1-12(2,3)11-15-9(5-10(13)16-11)8-6-14-17(4)7-8/h5-7H,1-4H3,(H2,13,15,16). The highest BCUT2D eigenvalue weighted by molar-refractivity contribution is 5.60. The van der Waals surface area contributed by atoms with Gasteiger partial charge in [-0.25, -0.2) is 9.97 Å². The Morgan fingerprint density at radius 3 is 2.47 bits per heavy atom. The molecule has 0 aromatic carbocycles. The summed E-state index contributed by atoms with van der Waals surface area (Å²) in [5, 5.41) is 4.13. The number of aromatic nitrogens is 4. The van der Waals surface area contributed by atoms with Crippen LogP contribution in [0.5, 0.6) is 0 Å². The first-order chi connectivity index (χ1) is 7.86. The Balaban J connectivity index is 2.52. The predicted molar refractivity (Wildman–Crippen MR) is 67.3 cm³/mol. The monoisotopic (exact) mass is 231 g/mol. The summed E-state index contributed by atoms with van der Waals surface area (Å²) in [7, 11) is 1.87. The van der Waals surface area contributed by atoms with Crippen LogP contribution in [-0.2, 0) is 12.5 Å². The topological polar surface area (TPSA) is 69.6 Å². The van der Waals surface area contributed by atoms with Gasteiger partial charge in [-0.05, 0) is 0 Å². The van der Waals surface area contributed by atoms with E-state index in [4.69, 9.17) is 5.73 Å². The van der Waals surface area contributed by atoms with Gasteiger partial charge in [0, 0.05) is 30.3 Å². The molecule has 17 heavy (non-hydrogen) atoms. The van der Waals surface area contributed by atoms with E-state index in [-0.39, 0.29) is 5.41 Å². The van der Waals surface area contributed by atoms with Gasteiger partial charge in [0.25, 0.3) is 0 Å². The molecule has 5 heteroatoms. The van der Waals surface area contributed by atoms with Gasteiger partial charge in [0.15, 0.2) is 0 Å². The minimum absolute atomic E-state index is 0.119. The Labute approximate surface area is 101 Å². The van der Waals surface area contributed by atoms with E-state index in [1.165, 1.54) is 0 Å². The SMILES string of the molecule is Cn1cc(-c2cc(N)nc(C(C)(C)C)n2)cn1. The van der Waals surface area contributed by atoms with E-state index < -0.39 is 0 Å². The number of nitrogen functional groups attached to an aromatic ring is 1. The van der Waals surface area contributed by atoms with Crippen LogP contribution < -0.4 is 5.73 Å². The van der Waals surface area contributed by atoms with Crippen LogP contribution in [0, 0.1) is 0 Å². The van der Waals surface area contributed by atoms with Crippen molar-refractivity contribution < 1.29 is 0 Å². The van der Waals surface area contributed by atoms with Crippen molar-refractivity contribution in [3.05, 3.63) is 24.3 Å². The van der Waals surface area contributed by atoms with Crippen LogP contribution in [0.4, 0.5) is 5.82 Å². The summed E-state index contributed by atoms with van der Waals surface area (Å²) in [6.07, 6.45) is 3.68. The zero-order chi connectivity index (χ0) is 12.6. The first-order valence-corrected chi connectivity index (χ1v) is 5.50. The lowest BCUT2D eigenvalue weighted by atomic mass is 9.95. The maximum absolute atomic E-state index is 5.82. The van der Waals surface area contributed by atoms with E-state index in [2.05, 4.69) is 35.8 Å². The molecule has 0 radical (unpaired) electrons. The third-order valence-corrected chi connectivity index (χ3v) is 2.42. The first kappa shape index (κ1) is 11.6. The lowest BCUT2D eigenvalue weighted by Crippen LogP contribution is -2.17. The molecule has 0 bridgehead atoms. The molecule has 2 aromatic rings. The van der Waals surface area contributed by atoms with Crippen LogP contribution in [0.15, 0.2) is 18.5 Å². The Hall–Kier alpha value is -1.91. The lowest BCUT2D eigenvalue weighted by molar-refractivity contribution is 0.547. The van der Waals surface area contributed by atoms with Crippen molar-refractivity contribution in [2.45, 2.75) is 26.2 Å². The summed E-state index contributed by atoms with van der Waals surface area (Å²) in [6.45, 7) is 6.19. The van der Waals surface area contributed by atoms with Crippen LogP contribution >= 0.6 is 0 Å². The van der Waals surface area contributed by atoms with Crippen molar-refractivity contribution in [2.24, 2.45) is 7.05 Å². The average Bonchev–Trinajstić information content (AvgIpc) is 2.62. The zero-order valence-electron chi connectivity index (χ0n) is 10.6. The molecule has 90 valence electrons. The van der Waals surface area contributed by atoms with E-state index >= 15 is 0 Å². The molecule has 0 amide bonds. The number of hydrogen-bond acceptors (Lipinski definition) is 4. The third kappa shape index (κ3) is 2.43. The van der Waals surface area contributed by atoms with Crippen molar-refractivity contribution in [2.75, 3.05) is 5.73 Å². The molecule has 2 heterocycles. The molecule has 0 atom stereocenters. The number of nitrogens with zero attached hydrogens (tertiary/aromatic N) is 4. The van der Waals surface area contributed by atoms with Gasteiger partial charge in [-0.1, -0.05) is 20.8 Å². The highest BCUT2D eigenvalue weighted by Gasteiger charge is 2.19. The first-order valence-electron chi connectivity index (χ1n) is 5.50. The number of aryl methyl sites for hydroxylation is 1. The Kier molecular flexibility index (Phi) is 2.61. The number of hydrogen-bond donors (Lipinski definition) is 1.